The molecule has 98 valence electrons. The van der Waals surface area contributed by atoms with Gasteiger partial charge in [-0.3, -0.25) is 4.79 Å². The summed E-state index contributed by atoms with van der Waals surface area (Å²) >= 11 is 1.59. The molecule has 4 nitrogen and oxygen atoms in total. The highest BCUT2D eigenvalue weighted by Gasteiger charge is 2.02. The normalized spacial score (nSPS) is 10.3. The smallest absolute Gasteiger partial charge is 0.335 e. The highest BCUT2D eigenvalue weighted by Crippen LogP contribution is 2.18. The molecule has 0 aliphatic rings. The molecule has 0 atom stereocenters. The molecule has 0 fully saturated rings. The number of aromatic nitrogens is 1. The third-order valence-electron chi connectivity index (χ3n) is 2.60. The number of pyridine rings is 1. The van der Waals surface area contributed by atoms with Crippen LogP contribution in [0.5, 0.6) is 0 Å². The summed E-state index contributed by atoms with van der Waals surface area (Å²) in [5, 5.41) is 8.79. The summed E-state index contributed by atoms with van der Waals surface area (Å²) in [6, 6.07) is 11.8. The zero-order valence-electron chi connectivity index (χ0n) is 10.2. The van der Waals surface area contributed by atoms with Crippen LogP contribution in [0.25, 0.3) is 0 Å². The average Bonchev–Trinajstić information content (AvgIpc) is 2.41. The molecule has 19 heavy (non-hydrogen) atoms. The van der Waals surface area contributed by atoms with Crippen LogP contribution in [-0.4, -0.2) is 21.4 Å². The van der Waals surface area contributed by atoms with Gasteiger partial charge >= 0.3 is 5.97 Å². The maximum atomic E-state index is 11.5. The lowest BCUT2D eigenvalue weighted by Crippen LogP contribution is -2.18. The van der Waals surface area contributed by atoms with Gasteiger partial charge in [0, 0.05) is 29.5 Å². The van der Waals surface area contributed by atoms with E-state index < -0.39 is 5.97 Å². The van der Waals surface area contributed by atoms with Crippen LogP contribution in [0.1, 0.15) is 10.4 Å². The first-order chi connectivity index (χ1) is 9.16. The molecule has 0 bridgehead atoms. The molecule has 0 radical (unpaired) electrons. The van der Waals surface area contributed by atoms with E-state index in [9.17, 15) is 9.59 Å². The first-order valence-corrected chi connectivity index (χ1v) is 6.77. The van der Waals surface area contributed by atoms with Crippen molar-refractivity contribution in [3.63, 3.8) is 0 Å². The van der Waals surface area contributed by atoms with E-state index in [0.29, 0.717) is 6.54 Å². The maximum absolute atomic E-state index is 11.5. The van der Waals surface area contributed by atoms with Crippen molar-refractivity contribution in [3.8, 4) is 0 Å². The quantitative estimate of drug-likeness (QED) is 0.851. The van der Waals surface area contributed by atoms with Gasteiger partial charge in [-0.2, -0.15) is 0 Å². The van der Waals surface area contributed by atoms with E-state index >= 15 is 0 Å². The van der Waals surface area contributed by atoms with Gasteiger partial charge in [-0.1, -0.05) is 6.07 Å². The monoisotopic (exact) mass is 275 g/mol. The molecular formula is C14H13NO3S. The summed E-state index contributed by atoms with van der Waals surface area (Å²) in [6.07, 6.45) is 1.76. The van der Waals surface area contributed by atoms with Gasteiger partial charge in [0.1, 0.15) is 0 Å². The molecule has 5 heteroatoms. The van der Waals surface area contributed by atoms with E-state index in [1.807, 2.05) is 6.07 Å². The second-order valence-corrected chi connectivity index (χ2v) is 5.08. The number of nitrogens with zero attached hydrogens (tertiary/aromatic N) is 1. The molecule has 1 N–H and O–H groups in total. The lowest BCUT2D eigenvalue weighted by Gasteiger charge is -2.05. The van der Waals surface area contributed by atoms with Crippen LogP contribution >= 0.6 is 11.8 Å². The van der Waals surface area contributed by atoms with Gasteiger partial charge < -0.3 is 9.67 Å². The summed E-state index contributed by atoms with van der Waals surface area (Å²) in [7, 11) is 0. The minimum Gasteiger partial charge on any atom is -0.478 e. The van der Waals surface area contributed by atoms with Crippen LogP contribution in [-0.2, 0) is 6.54 Å². The standard InChI is InChI=1S/C14H13NO3S/c16-13-3-1-2-8-15(13)9-10-19-12-6-4-11(5-7-12)14(17)18/h1-8H,9-10H2,(H,17,18). The Hall–Kier alpha value is -2.01. The molecule has 0 saturated carbocycles. The minimum absolute atomic E-state index is 0.00988. The Morgan fingerprint density at radius 2 is 1.89 bits per heavy atom. The fourth-order valence-corrected chi connectivity index (χ4v) is 2.45. The van der Waals surface area contributed by atoms with Crippen molar-refractivity contribution in [3.05, 3.63) is 64.6 Å². The summed E-state index contributed by atoms with van der Waals surface area (Å²) in [5.74, 6) is -0.163. The van der Waals surface area contributed by atoms with Crippen molar-refractivity contribution in [1.29, 1.82) is 0 Å². The van der Waals surface area contributed by atoms with Crippen molar-refractivity contribution in [2.24, 2.45) is 0 Å². The van der Waals surface area contributed by atoms with Crippen LogP contribution < -0.4 is 5.56 Å². The number of aryl methyl sites for hydroxylation is 1. The SMILES string of the molecule is O=C(O)c1ccc(SCCn2ccccc2=O)cc1. The van der Waals surface area contributed by atoms with E-state index in [1.165, 1.54) is 6.07 Å². The topological polar surface area (TPSA) is 59.3 Å². The highest BCUT2D eigenvalue weighted by atomic mass is 32.2. The summed E-state index contributed by atoms with van der Waals surface area (Å²) in [4.78, 5) is 23.2. The van der Waals surface area contributed by atoms with Gasteiger partial charge in [0.15, 0.2) is 0 Å². The number of rotatable bonds is 5. The van der Waals surface area contributed by atoms with Crippen molar-refractivity contribution >= 4 is 17.7 Å². The third kappa shape index (κ3) is 3.72. The van der Waals surface area contributed by atoms with Crippen molar-refractivity contribution in [2.75, 3.05) is 5.75 Å². The van der Waals surface area contributed by atoms with E-state index in [4.69, 9.17) is 5.11 Å². The molecule has 1 aromatic heterocycles. The molecule has 0 spiro atoms. The predicted molar refractivity (Wildman–Crippen MR) is 74.8 cm³/mol. The number of benzene rings is 1. The van der Waals surface area contributed by atoms with Crippen LogP contribution in [0.15, 0.2) is 58.4 Å². The summed E-state index contributed by atoms with van der Waals surface area (Å²) in [5.41, 5.74) is 0.271. The van der Waals surface area contributed by atoms with Gasteiger partial charge in [-0.15, -0.1) is 11.8 Å². The highest BCUT2D eigenvalue weighted by molar-refractivity contribution is 7.99. The van der Waals surface area contributed by atoms with E-state index in [-0.39, 0.29) is 11.1 Å². The third-order valence-corrected chi connectivity index (χ3v) is 3.59. The van der Waals surface area contributed by atoms with Gasteiger partial charge in [0.2, 0.25) is 0 Å². The molecule has 0 unspecified atom stereocenters. The van der Waals surface area contributed by atoms with Crippen molar-refractivity contribution in [2.45, 2.75) is 11.4 Å². The first-order valence-electron chi connectivity index (χ1n) is 5.78. The largest absolute Gasteiger partial charge is 0.478 e. The molecule has 0 amide bonds. The lowest BCUT2D eigenvalue weighted by atomic mass is 10.2. The Morgan fingerprint density at radius 3 is 2.53 bits per heavy atom. The zero-order valence-corrected chi connectivity index (χ0v) is 11.0. The van der Waals surface area contributed by atoms with Gasteiger partial charge in [-0.05, 0) is 30.3 Å². The Kier molecular flexibility index (Phi) is 4.41. The average molecular weight is 275 g/mol. The molecule has 0 aliphatic carbocycles. The van der Waals surface area contributed by atoms with Crippen molar-refractivity contribution in [1.82, 2.24) is 4.57 Å². The Morgan fingerprint density at radius 1 is 1.16 bits per heavy atom. The van der Waals surface area contributed by atoms with Crippen LogP contribution in [0.3, 0.4) is 0 Å². The number of thioether (sulfide) groups is 1. The molecule has 1 heterocycles. The Bertz CT molecular complexity index is 619. The Labute approximate surface area is 114 Å². The van der Waals surface area contributed by atoms with E-state index in [1.54, 1.807) is 52.9 Å². The van der Waals surface area contributed by atoms with E-state index in [0.717, 1.165) is 10.6 Å². The molecule has 0 saturated heterocycles. The fourth-order valence-electron chi connectivity index (χ4n) is 1.60. The number of hydrogen-bond acceptors (Lipinski definition) is 3. The molecular weight excluding hydrogens is 262 g/mol. The second-order valence-electron chi connectivity index (χ2n) is 3.91. The predicted octanol–water partition coefficient (Wildman–Crippen LogP) is 2.34. The number of carbonyl (C=O) groups is 1. The number of aromatic carboxylic acids is 1. The number of hydrogen-bond donors (Lipinski definition) is 1. The van der Waals surface area contributed by atoms with Crippen LogP contribution in [0, 0.1) is 0 Å². The van der Waals surface area contributed by atoms with E-state index in [2.05, 4.69) is 0 Å². The summed E-state index contributed by atoms with van der Waals surface area (Å²) < 4.78 is 1.65. The molecule has 2 rings (SSSR count). The lowest BCUT2D eigenvalue weighted by molar-refractivity contribution is 0.0697. The fraction of sp³-hybridized carbons (Fsp3) is 0.143. The van der Waals surface area contributed by atoms with Gasteiger partial charge in [0.05, 0.1) is 5.56 Å². The van der Waals surface area contributed by atoms with Gasteiger partial charge in [-0.25, -0.2) is 4.79 Å². The first kappa shape index (κ1) is 13.4. The minimum atomic E-state index is -0.924. The second kappa shape index (κ2) is 6.24. The molecule has 0 aliphatic heterocycles. The molecule has 2 aromatic rings. The van der Waals surface area contributed by atoms with Crippen LogP contribution in [0.2, 0.25) is 0 Å². The number of carboxylic acids is 1. The zero-order chi connectivity index (χ0) is 13.7. The van der Waals surface area contributed by atoms with Gasteiger partial charge in [0.25, 0.3) is 5.56 Å². The van der Waals surface area contributed by atoms with Crippen molar-refractivity contribution < 1.29 is 9.90 Å². The Balaban J connectivity index is 1.91. The van der Waals surface area contributed by atoms with Crippen LogP contribution in [0.4, 0.5) is 0 Å². The maximum Gasteiger partial charge on any atom is 0.335 e. The summed E-state index contributed by atoms with van der Waals surface area (Å²) in [6.45, 7) is 0.630. The molecule has 1 aromatic carbocycles. The number of carboxylic acid groups (broad SMARTS) is 1.